The largest absolute Gasteiger partial charge is 0.321 e. The van der Waals surface area contributed by atoms with Crippen LogP contribution in [0.25, 0.3) is 22.3 Å². The van der Waals surface area contributed by atoms with Crippen molar-refractivity contribution in [1.29, 1.82) is 0 Å². The maximum atomic E-state index is 13.8. The zero-order valence-electron chi connectivity index (χ0n) is 21.1. The number of nitrogens with zero attached hydrogens (tertiary/aromatic N) is 5. The van der Waals surface area contributed by atoms with Crippen LogP contribution in [-0.2, 0) is 14.1 Å². The molecular formula is C28H25ClN6O2. The molecule has 37 heavy (non-hydrogen) atoms. The fourth-order valence-electron chi connectivity index (χ4n) is 4.64. The van der Waals surface area contributed by atoms with Crippen molar-refractivity contribution in [2.45, 2.75) is 20.8 Å². The minimum Gasteiger partial charge on any atom is -0.321 e. The highest BCUT2D eigenvalue weighted by Gasteiger charge is 2.23. The van der Waals surface area contributed by atoms with Crippen molar-refractivity contribution in [3.8, 4) is 11.3 Å². The third kappa shape index (κ3) is 4.29. The molecule has 3 heterocycles. The van der Waals surface area contributed by atoms with Crippen molar-refractivity contribution >= 4 is 40.0 Å². The van der Waals surface area contributed by atoms with Crippen LogP contribution in [0.4, 0.5) is 5.69 Å². The number of benzene rings is 2. The Kier molecular flexibility index (Phi) is 6.13. The Morgan fingerprint density at radius 1 is 0.865 bits per heavy atom. The molecule has 9 heteroatoms. The number of hydrogen-bond donors (Lipinski definition) is 1. The zero-order valence-corrected chi connectivity index (χ0v) is 21.9. The Morgan fingerprint density at radius 3 is 2.24 bits per heavy atom. The third-order valence-electron chi connectivity index (χ3n) is 6.49. The molecule has 0 saturated carbocycles. The van der Waals surface area contributed by atoms with Gasteiger partial charge in [-0.15, -0.1) is 0 Å². The standard InChI is InChI=1S/C28H25ClN6O2/c1-15-24(17(3)34(4)32-15)23-14-21(25-16(2)33-35(5)27(25)30-23)28(37)31-22-12-11-19(29)13-20(22)26(36)18-9-7-6-8-10-18/h6-14H,1-5H3,(H,31,37). The molecule has 8 nitrogen and oxygen atoms in total. The van der Waals surface area contributed by atoms with Crippen LogP contribution in [0.1, 0.15) is 43.4 Å². The Bertz CT molecular complexity index is 1700. The van der Waals surface area contributed by atoms with Gasteiger partial charge in [0.1, 0.15) is 0 Å². The molecule has 0 bridgehead atoms. The summed E-state index contributed by atoms with van der Waals surface area (Å²) < 4.78 is 3.46. The molecule has 0 aliphatic carbocycles. The number of aromatic nitrogens is 5. The number of carbonyl (C=O) groups is 2. The molecule has 1 amide bonds. The maximum absolute atomic E-state index is 13.8. The first kappa shape index (κ1) is 24.4. The van der Waals surface area contributed by atoms with E-state index in [1.54, 1.807) is 64.9 Å². The highest BCUT2D eigenvalue weighted by atomic mass is 35.5. The summed E-state index contributed by atoms with van der Waals surface area (Å²) in [5.74, 6) is -0.619. The van der Waals surface area contributed by atoms with Crippen LogP contribution in [0.5, 0.6) is 0 Å². The van der Waals surface area contributed by atoms with E-state index < -0.39 is 0 Å². The minimum absolute atomic E-state index is 0.238. The molecule has 0 atom stereocenters. The lowest BCUT2D eigenvalue weighted by molar-refractivity contribution is 0.102. The normalized spacial score (nSPS) is 11.2. The summed E-state index contributed by atoms with van der Waals surface area (Å²) in [7, 11) is 3.67. The number of anilines is 1. The first-order valence-electron chi connectivity index (χ1n) is 11.7. The number of halogens is 1. The van der Waals surface area contributed by atoms with Crippen molar-refractivity contribution in [1.82, 2.24) is 24.5 Å². The summed E-state index contributed by atoms with van der Waals surface area (Å²) in [6.07, 6.45) is 0. The lowest BCUT2D eigenvalue weighted by atomic mass is 10.0. The Hall–Kier alpha value is -4.30. The number of carbonyl (C=O) groups excluding carboxylic acids is 2. The first-order valence-corrected chi connectivity index (χ1v) is 12.1. The van der Waals surface area contributed by atoms with E-state index in [0.29, 0.717) is 49.8 Å². The summed E-state index contributed by atoms with van der Waals surface area (Å²) in [5.41, 5.74) is 6.07. The van der Waals surface area contributed by atoms with E-state index in [4.69, 9.17) is 16.6 Å². The zero-order chi connectivity index (χ0) is 26.4. The van der Waals surface area contributed by atoms with E-state index in [2.05, 4.69) is 15.5 Å². The highest BCUT2D eigenvalue weighted by Crippen LogP contribution is 2.31. The molecule has 0 aliphatic rings. The van der Waals surface area contributed by atoms with Crippen molar-refractivity contribution in [2.24, 2.45) is 14.1 Å². The summed E-state index contributed by atoms with van der Waals surface area (Å²) in [6.45, 7) is 5.72. The average Bonchev–Trinajstić information content (AvgIpc) is 3.31. The molecule has 5 aromatic rings. The van der Waals surface area contributed by atoms with E-state index in [0.717, 1.165) is 17.0 Å². The summed E-state index contributed by atoms with van der Waals surface area (Å²) >= 11 is 6.23. The molecule has 3 aromatic heterocycles. The number of aryl methyl sites for hydroxylation is 4. The molecule has 0 aliphatic heterocycles. The molecule has 0 unspecified atom stereocenters. The molecule has 0 radical (unpaired) electrons. The number of amides is 1. The van der Waals surface area contributed by atoms with Crippen LogP contribution in [0, 0.1) is 20.8 Å². The number of pyridine rings is 1. The molecule has 0 spiro atoms. The van der Waals surface area contributed by atoms with Gasteiger partial charge in [-0.2, -0.15) is 10.2 Å². The van der Waals surface area contributed by atoms with Crippen LogP contribution in [0.2, 0.25) is 5.02 Å². The van der Waals surface area contributed by atoms with E-state index >= 15 is 0 Å². The molecule has 0 fully saturated rings. The van der Waals surface area contributed by atoms with Crippen molar-refractivity contribution < 1.29 is 9.59 Å². The summed E-state index contributed by atoms with van der Waals surface area (Å²) in [5, 5.41) is 13.0. The minimum atomic E-state index is -0.381. The fraction of sp³-hybridized carbons (Fsp3) is 0.179. The van der Waals surface area contributed by atoms with Gasteiger partial charge < -0.3 is 5.32 Å². The Balaban J connectivity index is 1.63. The second-order valence-corrected chi connectivity index (χ2v) is 9.41. The smallest absolute Gasteiger partial charge is 0.256 e. The van der Waals surface area contributed by atoms with Crippen molar-refractivity contribution in [2.75, 3.05) is 5.32 Å². The predicted octanol–water partition coefficient (Wildman–Crippen LogP) is 5.43. The monoisotopic (exact) mass is 512 g/mol. The van der Waals surface area contributed by atoms with Gasteiger partial charge in [0.25, 0.3) is 5.91 Å². The fourth-order valence-corrected chi connectivity index (χ4v) is 4.82. The lowest BCUT2D eigenvalue weighted by Crippen LogP contribution is -2.16. The molecule has 1 N–H and O–H groups in total. The van der Waals surface area contributed by atoms with E-state index in [-0.39, 0.29) is 11.7 Å². The number of fused-ring (bicyclic) bond motifs is 1. The van der Waals surface area contributed by atoms with Gasteiger partial charge in [-0.25, -0.2) is 4.98 Å². The van der Waals surface area contributed by atoms with Gasteiger partial charge in [-0.3, -0.25) is 19.0 Å². The highest BCUT2D eigenvalue weighted by molar-refractivity contribution is 6.31. The van der Waals surface area contributed by atoms with E-state index in [1.807, 2.05) is 33.9 Å². The average molecular weight is 513 g/mol. The third-order valence-corrected chi connectivity index (χ3v) is 6.72. The number of rotatable bonds is 5. The molecule has 0 saturated heterocycles. The maximum Gasteiger partial charge on any atom is 0.256 e. The number of hydrogen-bond acceptors (Lipinski definition) is 5. The van der Waals surface area contributed by atoms with Gasteiger partial charge in [0, 0.05) is 41.5 Å². The number of nitrogens with one attached hydrogen (secondary N) is 1. The van der Waals surface area contributed by atoms with Crippen LogP contribution >= 0.6 is 11.6 Å². The Labute approximate surface area is 218 Å². The SMILES string of the molecule is Cc1nn(C)c(C)c1-c1cc(C(=O)Nc2ccc(Cl)cc2C(=O)c2ccccc2)c2c(C)nn(C)c2n1. The van der Waals surface area contributed by atoms with Crippen molar-refractivity contribution in [3.63, 3.8) is 0 Å². The Morgan fingerprint density at radius 2 is 1.57 bits per heavy atom. The number of ketones is 1. The van der Waals surface area contributed by atoms with Gasteiger partial charge in [0.2, 0.25) is 0 Å². The first-order chi connectivity index (χ1) is 17.7. The molecule has 2 aromatic carbocycles. The molecule has 186 valence electrons. The van der Waals surface area contributed by atoms with Gasteiger partial charge in [-0.05, 0) is 45.0 Å². The van der Waals surface area contributed by atoms with Gasteiger partial charge >= 0.3 is 0 Å². The van der Waals surface area contributed by atoms with E-state index in [1.165, 1.54) is 0 Å². The topological polar surface area (TPSA) is 94.7 Å². The van der Waals surface area contributed by atoms with Crippen molar-refractivity contribution in [3.05, 3.63) is 93.4 Å². The second kappa shape index (κ2) is 9.29. The van der Waals surface area contributed by atoms with Gasteiger partial charge in [0.05, 0.1) is 33.7 Å². The van der Waals surface area contributed by atoms with Gasteiger partial charge in [0.15, 0.2) is 11.4 Å². The van der Waals surface area contributed by atoms with Gasteiger partial charge in [-0.1, -0.05) is 41.9 Å². The van der Waals surface area contributed by atoms with Crippen LogP contribution < -0.4 is 5.32 Å². The summed E-state index contributed by atoms with van der Waals surface area (Å²) in [6, 6.07) is 15.5. The summed E-state index contributed by atoms with van der Waals surface area (Å²) in [4.78, 5) is 31.9. The lowest BCUT2D eigenvalue weighted by Gasteiger charge is -2.13. The van der Waals surface area contributed by atoms with Crippen LogP contribution in [0.15, 0.2) is 54.6 Å². The second-order valence-electron chi connectivity index (χ2n) is 8.97. The quantitative estimate of drug-likeness (QED) is 0.317. The molecular weight excluding hydrogens is 488 g/mol. The van der Waals surface area contributed by atoms with Crippen LogP contribution in [-0.4, -0.2) is 36.2 Å². The van der Waals surface area contributed by atoms with E-state index in [9.17, 15) is 9.59 Å². The molecule has 5 rings (SSSR count). The van der Waals surface area contributed by atoms with Crippen LogP contribution in [0.3, 0.4) is 0 Å². The predicted molar refractivity (Wildman–Crippen MR) is 144 cm³/mol.